The van der Waals surface area contributed by atoms with Crippen LogP contribution in [-0.2, 0) is 0 Å². The van der Waals surface area contributed by atoms with Gasteiger partial charge in [-0.05, 0) is 25.1 Å². The van der Waals surface area contributed by atoms with Crippen LogP contribution in [0.4, 0.5) is 8.78 Å². The van der Waals surface area contributed by atoms with E-state index in [1.165, 1.54) is 25.3 Å². The van der Waals surface area contributed by atoms with Crippen LogP contribution in [-0.4, -0.2) is 18.3 Å². The average Bonchev–Trinajstić information content (AvgIpc) is 2.26. The summed E-state index contributed by atoms with van der Waals surface area (Å²) in [7, 11) is 1.41. The van der Waals surface area contributed by atoms with Gasteiger partial charge < -0.3 is 15.6 Å². The fraction of sp³-hybridized carbons (Fsp3) is 0.455. The van der Waals surface area contributed by atoms with Crippen LogP contribution in [0, 0.1) is 0 Å². The summed E-state index contributed by atoms with van der Waals surface area (Å²) < 4.78 is 30.0. The van der Waals surface area contributed by atoms with Crippen LogP contribution in [0.5, 0.6) is 5.75 Å². The van der Waals surface area contributed by atoms with Gasteiger partial charge in [-0.2, -0.15) is 0 Å². The van der Waals surface area contributed by atoms with Gasteiger partial charge in [0.15, 0.2) is 0 Å². The fourth-order valence-corrected chi connectivity index (χ4v) is 1.40. The third-order valence-electron chi connectivity index (χ3n) is 2.32. The molecule has 3 nitrogen and oxygen atoms in total. The van der Waals surface area contributed by atoms with Crippen molar-refractivity contribution in [1.82, 2.24) is 0 Å². The Morgan fingerprint density at radius 2 is 2.00 bits per heavy atom. The van der Waals surface area contributed by atoms with E-state index in [4.69, 9.17) is 10.5 Å². The third-order valence-corrected chi connectivity index (χ3v) is 2.32. The summed E-state index contributed by atoms with van der Waals surface area (Å²) in [6.45, 7) is 1.60. The highest BCUT2D eigenvalue weighted by atomic mass is 19.3. The number of aliphatic hydroxyl groups is 1. The van der Waals surface area contributed by atoms with Crippen LogP contribution < -0.4 is 10.5 Å². The lowest BCUT2D eigenvalue weighted by Gasteiger charge is -2.18. The van der Waals surface area contributed by atoms with Gasteiger partial charge in [0.2, 0.25) is 0 Å². The molecule has 0 saturated carbocycles. The predicted molar refractivity (Wildman–Crippen MR) is 56.6 cm³/mol. The first-order chi connectivity index (χ1) is 7.47. The van der Waals surface area contributed by atoms with Gasteiger partial charge in [-0.25, -0.2) is 8.78 Å². The molecule has 2 atom stereocenters. The Hall–Kier alpha value is -1.20. The zero-order chi connectivity index (χ0) is 12.3. The van der Waals surface area contributed by atoms with Crippen LogP contribution in [0.2, 0.25) is 0 Å². The summed E-state index contributed by atoms with van der Waals surface area (Å²) in [5.41, 5.74) is 5.66. The van der Waals surface area contributed by atoms with Gasteiger partial charge in [-0.15, -0.1) is 0 Å². The quantitative estimate of drug-likeness (QED) is 0.833. The number of hydrogen-bond acceptors (Lipinski definition) is 3. The summed E-state index contributed by atoms with van der Waals surface area (Å²) in [6, 6.07) is 3.34. The number of halogens is 2. The third kappa shape index (κ3) is 2.68. The maximum atomic E-state index is 12.5. The van der Waals surface area contributed by atoms with E-state index in [0.717, 1.165) is 0 Å². The highest BCUT2D eigenvalue weighted by molar-refractivity contribution is 5.39. The number of rotatable bonds is 4. The molecule has 0 fully saturated rings. The first-order valence-corrected chi connectivity index (χ1v) is 4.87. The number of benzene rings is 1. The molecule has 0 aromatic heterocycles. The molecular weight excluding hydrogens is 216 g/mol. The van der Waals surface area contributed by atoms with Crippen LogP contribution in [0.3, 0.4) is 0 Å². The SMILES string of the molecule is COc1ccc(C(F)F)cc1C(O)C(C)N. The van der Waals surface area contributed by atoms with Gasteiger partial charge in [0.1, 0.15) is 5.75 Å². The van der Waals surface area contributed by atoms with Crippen molar-refractivity contribution < 1.29 is 18.6 Å². The topological polar surface area (TPSA) is 55.5 Å². The van der Waals surface area contributed by atoms with E-state index >= 15 is 0 Å². The summed E-state index contributed by atoms with van der Waals surface area (Å²) >= 11 is 0. The van der Waals surface area contributed by atoms with Crippen molar-refractivity contribution in [3.05, 3.63) is 29.3 Å². The molecular formula is C11H15F2NO2. The van der Waals surface area contributed by atoms with E-state index in [1.807, 2.05) is 0 Å². The highest BCUT2D eigenvalue weighted by Gasteiger charge is 2.19. The van der Waals surface area contributed by atoms with E-state index in [0.29, 0.717) is 5.75 Å². The van der Waals surface area contributed by atoms with E-state index in [-0.39, 0.29) is 11.1 Å². The van der Waals surface area contributed by atoms with Crippen molar-refractivity contribution in [2.24, 2.45) is 5.73 Å². The summed E-state index contributed by atoms with van der Waals surface area (Å²) in [6.07, 6.45) is -3.60. The standard InChI is InChI=1S/C11H15F2NO2/c1-6(14)10(15)8-5-7(11(12)13)3-4-9(8)16-2/h3-6,10-11,15H,14H2,1-2H3. The minimum absolute atomic E-state index is 0.157. The van der Waals surface area contributed by atoms with Gasteiger partial charge in [0, 0.05) is 17.2 Å². The minimum atomic E-state index is -2.58. The molecule has 90 valence electrons. The Kier molecular flexibility index (Phi) is 4.20. The Bertz CT molecular complexity index is 356. The van der Waals surface area contributed by atoms with Crippen LogP contribution in [0.1, 0.15) is 30.6 Å². The van der Waals surface area contributed by atoms with Crippen molar-refractivity contribution in [2.45, 2.75) is 25.5 Å². The second kappa shape index (κ2) is 5.23. The molecule has 5 heteroatoms. The number of ether oxygens (including phenoxy) is 1. The zero-order valence-corrected chi connectivity index (χ0v) is 9.15. The molecule has 3 N–H and O–H groups in total. The van der Waals surface area contributed by atoms with E-state index in [9.17, 15) is 13.9 Å². The maximum Gasteiger partial charge on any atom is 0.263 e. The van der Waals surface area contributed by atoms with E-state index in [2.05, 4.69) is 0 Å². The van der Waals surface area contributed by atoms with Crippen LogP contribution >= 0.6 is 0 Å². The van der Waals surface area contributed by atoms with Crippen molar-refractivity contribution in [3.8, 4) is 5.75 Å². The van der Waals surface area contributed by atoms with Crippen molar-refractivity contribution in [3.63, 3.8) is 0 Å². The Labute approximate surface area is 92.8 Å². The van der Waals surface area contributed by atoms with Crippen molar-refractivity contribution >= 4 is 0 Å². The maximum absolute atomic E-state index is 12.5. The van der Waals surface area contributed by atoms with Crippen molar-refractivity contribution in [2.75, 3.05) is 7.11 Å². The molecule has 16 heavy (non-hydrogen) atoms. The molecule has 0 radical (unpaired) electrons. The highest BCUT2D eigenvalue weighted by Crippen LogP contribution is 2.31. The average molecular weight is 231 g/mol. The largest absolute Gasteiger partial charge is 0.496 e. The first-order valence-electron chi connectivity index (χ1n) is 4.87. The molecule has 0 amide bonds. The lowest BCUT2D eigenvalue weighted by Crippen LogP contribution is -2.24. The Morgan fingerprint density at radius 1 is 1.38 bits per heavy atom. The number of hydrogen-bond donors (Lipinski definition) is 2. The van der Waals surface area contributed by atoms with Gasteiger partial charge >= 0.3 is 0 Å². The van der Waals surface area contributed by atoms with Gasteiger partial charge in [0.05, 0.1) is 13.2 Å². The number of alkyl halides is 2. The molecule has 0 bridgehead atoms. The Morgan fingerprint density at radius 3 is 2.44 bits per heavy atom. The zero-order valence-electron chi connectivity index (χ0n) is 9.15. The van der Waals surface area contributed by atoms with Crippen molar-refractivity contribution in [1.29, 1.82) is 0 Å². The summed E-state index contributed by atoms with van der Waals surface area (Å²) in [5, 5.41) is 9.77. The van der Waals surface area contributed by atoms with Crippen LogP contribution in [0.25, 0.3) is 0 Å². The van der Waals surface area contributed by atoms with Gasteiger partial charge in [-0.1, -0.05) is 0 Å². The predicted octanol–water partition coefficient (Wildman–Crippen LogP) is 2.01. The van der Waals surface area contributed by atoms with E-state index in [1.54, 1.807) is 6.92 Å². The molecule has 1 rings (SSSR count). The second-order valence-electron chi connectivity index (χ2n) is 3.61. The molecule has 0 spiro atoms. The molecule has 0 aliphatic heterocycles. The Balaban J connectivity index is 3.16. The summed E-state index contributed by atoms with van der Waals surface area (Å²) in [5.74, 6) is 0.356. The fourth-order valence-electron chi connectivity index (χ4n) is 1.40. The lowest BCUT2D eigenvalue weighted by atomic mass is 10.0. The first kappa shape index (κ1) is 12.9. The minimum Gasteiger partial charge on any atom is -0.496 e. The molecule has 1 aromatic carbocycles. The van der Waals surface area contributed by atoms with E-state index < -0.39 is 18.6 Å². The lowest BCUT2D eigenvalue weighted by molar-refractivity contribution is 0.143. The molecule has 0 saturated heterocycles. The number of nitrogens with two attached hydrogens (primary N) is 1. The summed E-state index contributed by atoms with van der Waals surface area (Å²) in [4.78, 5) is 0. The molecule has 2 unspecified atom stereocenters. The van der Waals surface area contributed by atoms with Gasteiger partial charge in [-0.3, -0.25) is 0 Å². The second-order valence-corrected chi connectivity index (χ2v) is 3.61. The molecule has 1 aromatic rings. The smallest absolute Gasteiger partial charge is 0.263 e. The molecule has 0 aliphatic rings. The monoisotopic (exact) mass is 231 g/mol. The molecule has 0 heterocycles. The molecule has 0 aliphatic carbocycles. The van der Waals surface area contributed by atoms with Gasteiger partial charge in [0.25, 0.3) is 6.43 Å². The number of aliphatic hydroxyl groups excluding tert-OH is 1. The number of methoxy groups -OCH3 is 1. The normalized spacial score (nSPS) is 14.9. The van der Waals surface area contributed by atoms with Crippen LogP contribution in [0.15, 0.2) is 18.2 Å².